The number of hydrogen-bond donors (Lipinski definition) is 0. The van der Waals surface area contributed by atoms with Gasteiger partial charge in [0, 0.05) is 19.2 Å². The van der Waals surface area contributed by atoms with Crippen LogP contribution in [0.15, 0.2) is 23.1 Å². The molecule has 1 heterocycles. The normalized spacial score (nSPS) is 16.4. The van der Waals surface area contributed by atoms with Crippen molar-refractivity contribution in [1.29, 1.82) is 0 Å². The fraction of sp³-hybridized carbons (Fsp3) is 0.455. The zero-order valence-corrected chi connectivity index (χ0v) is 10.7. The first-order valence-corrected chi connectivity index (χ1v) is 6.76. The van der Waals surface area contributed by atoms with Crippen LogP contribution in [0.1, 0.15) is 6.42 Å². The predicted molar refractivity (Wildman–Crippen MR) is 62.9 cm³/mol. The predicted octanol–water partition coefficient (Wildman–Crippen LogP) is 1.10. The average molecular weight is 257 g/mol. The van der Waals surface area contributed by atoms with Gasteiger partial charge >= 0.3 is 0 Å². The first-order valence-electron chi connectivity index (χ1n) is 5.32. The van der Waals surface area contributed by atoms with Crippen LogP contribution in [0, 0.1) is 0 Å². The van der Waals surface area contributed by atoms with E-state index in [1.165, 1.54) is 30.7 Å². The first kappa shape index (κ1) is 12.2. The van der Waals surface area contributed by atoms with Crippen molar-refractivity contribution in [1.82, 2.24) is 4.31 Å². The van der Waals surface area contributed by atoms with E-state index in [0.29, 0.717) is 24.6 Å². The second-order valence-corrected chi connectivity index (χ2v) is 5.71. The lowest BCUT2D eigenvalue weighted by Crippen LogP contribution is -2.41. The van der Waals surface area contributed by atoms with Gasteiger partial charge in [0.2, 0.25) is 10.0 Å². The minimum atomic E-state index is -3.36. The summed E-state index contributed by atoms with van der Waals surface area (Å²) >= 11 is 0. The summed E-state index contributed by atoms with van der Waals surface area (Å²) in [7, 11) is -0.363. The van der Waals surface area contributed by atoms with Crippen LogP contribution >= 0.6 is 0 Å². The Labute approximate surface area is 101 Å². The fourth-order valence-electron chi connectivity index (χ4n) is 1.65. The SMILES string of the molecule is COc1ccc(S(=O)(=O)N2CCC2)cc1OC. The Bertz CT molecular complexity index is 508. The van der Waals surface area contributed by atoms with Crippen LogP contribution in [0.25, 0.3) is 0 Å². The van der Waals surface area contributed by atoms with Gasteiger partial charge in [-0.2, -0.15) is 4.31 Å². The Morgan fingerprint density at radius 2 is 1.76 bits per heavy atom. The van der Waals surface area contributed by atoms with Gasteiger partial charge in [-0.15, -0.1) is 0 Å². The summed E-state index contributed by atoms with van der Waals surface area (Å²) in [6.45, 7) is 1.19. The van der Waals surface area contributed by atoms with Gasteiger partial charge in [-0.05, 0) is 18.6 Å². The maximum absolute atomic E-state index is 12.1. The van der Waals surface area contributed by atoms with E-state index in [1.807, 2.05) is 0 Å². The largest absolute Gasteiger partial charge is 0.493 e. The van der Waals surface area contributed by atoms with Crippen LogP contribution in [-0.2, 0) is 10.0 Å². The van der Waals surface area contributed by atoms with Crippen LogP contribution in [0.3, 0.4) is 0 Å². The minimum Gasteiger partial charge on any atom is -0.493 e. The van der Waals surface area contributed by atoms with Crippen molar-refractivity contribution in [2.45, 2.75) is 11.3 Å². The molecule has 6 heteroatoms. The molecule has 17 heavy (non-hydrogen) atoms. The third-order valence-electron chi connectivity index (χ3n) is 2.81. The molecule has 2 rings (SSSR count). The molecule has 0 atom stereocenters. The summed E-state index contributed by atoms with van der Waals surface area (Å²) in [5.41, 5.74) is 0. The number of hydrogen-bond acceptors (Lipinski definition) is 4. The van der Waals surface area contributed by atoms with Crippen LogP contribution in [0.4, 0.5) is 0 Å². The van der Waals surface area contributed by atoms with Crippen LogP contribution in [-0.4, -0.2) is 40.0 Å². The van der Waals surface area contributed by atoms with Gasteiger partial charge in [-0.25, -0.2) is 8.42 Å². The average Bonchev–Trinajstić information content (AvgIpc) is 2.25. The third kappa shape index (κ3) is 2.10. The van der Waals surface area contributed by atoms with E-state index in [2.05, 4.69) is 0 Å². The second-order valence-electron chi connectivity index (χ2n) is 3.77. The van der Waals surface area contributed by atoms with Crippen molar-refractivity contribution in [3.63, 3.8) is 0 Å². The molecular weight excluding hydrogens is 242 g/mol. The molecule has 1 aliphatic rings. The van der Waals surface area contributed by atoms with Gasteiger partial charge in [0.25, 0.3) is 0 Å². The summed E-state index contributed by atoms with van der Waals surface area (Å²) in [6, 6.07) is 4.63. The molecule has 0 radical (unpaired) electrons. The molecule has 0 aromatic heterocycles. The number of rotatable bonds is 4. The molecule has 0 bridgehead atoms. The van der Waals surface area contributed by atoms with Gasteiger partial charge in [0.15, 0.2) is 11.5 Å². The van der Waals surface area contributed by atoms with Gasteiger partial charge in [0.05, 0.1) is 19.1 Å². The van der Waals surface area contributed by atoms with Crippen LogP contribution in [0.2, 0.25) is 0 Å². The molecule has 1 fully saturated rings. The zero-order chi connectivity index (χ0) is 12.5. The van der Waals surface area contributed by atoms with E-state index < -0.39 is 10.0 Å². The lowest BCUT2D eigenvalue weighted by Gasteiger charge is -2.29. The molecule has 1 aromatic carbocycles. The highest BCUT2D eigenvalue weighted by molar-refractivity contribution is 7.89. The quantitative estimate of drug-likeness (QED) is 0.810. The highest BCUT2D eigenvalue weighted by Gasteiger charge is 2.29. The molecule has 0 aliphatic carbocycles. The minimum absolute atomic E-state index is 0.245. The van der Waals surface area contributed by atoms with Crippen molar-refractivity contribution in [2.24, 2.45) is 0 Å². The Balaban J connectivity index is 2.39. The van der Waals surface area contributed by atoms with Crippen molar-refractivity contribution < 1.29 is 17.9 Å². The highest BCUT2D eigenvalue weighted by Crippen LogP contribution is 2.31. The summed E-state index contributed by atoms with van der Waals surface area (Å²) in [5.74, 6) is 0.948. The molecule has 0 N–H and O–H groups in total. The summed E-state index contributed by atoms with van der Waals surface area (Å²) in [6.07, 6.45) is 0.923. The molecule has 94 valence electrons. The number of sulfonamides is 1. The van der Waals surface area contributed by atoms with Crippen LogP contribution in [0.5, 0.6) is 11.5 Å². The van der Waals surface area contributed by atoms with E-state index in [4.69, 9.17) is 9.47 Å². The smallest absolute Gasteiger partial charge is 0.243 e. The second kappa shape index (κ2) is 4.54. The maximum atomic E-state index is 12.1. The molecule has 1 aliphatic heterocycles. The summed E-state index contributed by atoms with van der Waals surface area (Å²) < 4.78 is 35.8. The maximum Gasteiger partial charge on any atom is 0.243 e. The summed E-state index contributed by atoms with van der Waals surface area (Å²) in [4.78, 5) is 0.245. The van der Waals surface area contributed by atoms with E-state index >= 15 is 0 Å². The molecule has 0 unspecified atom stereocenters. The Morgan fingerprint density at radius 1 is 1.12 bits per heavy atom. The fourth-order valence-corrected chi connectivity index (χ4v) is 3.19. The Hall–Kier alpha value is -1.27. The molecule has 0 spiro atoms. The number of nitrogens with zero attached hydrogens (tertiary/aromatic N) is 1. The van der Waals surface area contributed by atoms with Crippen molar-refractivity contribution in [3.8, 4) is 11.5 Å². The molecule has 0 amide bonds. The lowest BCUT2D eigenvalue weighted by molar-refractivity contribution is 0.309. The van der Waals surface area contributed by atoms with Crippen molar-refractivity contribution in [2.75, 3.05) is 27.3 Å². The van der Waals surface area contributed by atoms with E-state index in [0.717, 1.165) is 6.42 Å². The lowest BCUT2D eigenvalue weighted by atomic mass is 10.3. The molecule has 5 nitrogen and oxygen atoms in total. The van der Waals surface area contributed by atoms with Crippen molar-refractivity contribution in [3.05, 3.63) is 18.2 Å². The Morgan fingerprint density at radius 3 is 2.24 bits per heavy atom. The van der Waals surface area contributed by atoms with Crippen molar-refractivity contribution >= 4 is 10.0 Å². The van der Waals surface area contributed by atoms with E-state index in [-0.39, 0.29) is 4.90 Å². The molecule has 0 saturated carbocycles. The zero-order valence-electron chi connectivity index (χ0n) is 9.84. The topological polar surface area (TPSA) is 55.8 Å². The third-order valence-corrected chi connectivity index (χ3v) is 4.70. The van der Waals surface area contributed by atoms with E-state index in [9.17, 15) is 8.42 Å². The number of ether oxygens (including phenoxy) is 2. The van der Waals surface area contributed by atoms with Gasteiger partial charge in [-0.1, -0.05) is 0 Å². The molecular formula is C11H15NO4S. The van der Waals surface area contributed by atoms with Gasteiger partial charge in [-0.3, -0.25) is 0 Å². The van der Waals surface area contributed by atoms with E-state index in [1.54, 1.807) is 6.07 Å². The summed E-state index contributed by atoms with van der Waals surface area (Å²) in [5, 5.41) is 0. The van der Waals surface area contributed by atoms with Gasteiger partial charge in [0.1, 0.15) is 0 Å². The molecule has 1 saturated heterocycles. The number of methoxy groups -OCH3 is 2. The highest BCUT2D eigenvalue weighted by atomic mass is 32.2. The Kier molecular flexibility index (Phi) is 3.26. The monoisotopic (exact) mass is 257 g/mol. The van der Waals surface area contributed by atoms with Crippen LogP contribution < -0.4 is 9.47 Å². The number of benzene rings is 1. The standard InChI is InChI=1S/C11H15NO4S/c1-15-10-5-4-9(8-11(10)16-2)17(13,14)12-6-3-7-12/h4-5,8H,3,6-7H2,1-2H3. The molecule has 1 aromatic rings. The van der Waals surface area contributed by atoms with Gasteiger partial charge < -0.3 is 9.47 Å². The first-order chi connectivity index (χ1) is 8.09.